The number of esters is 2. The average molecular weight is 647 g/mol. The quantitative estimate of drug-likeness (QED) is 0.0762. The van der Waals surface area contributed by atoms with E-state index in [4.69, 9.17) is 19.1 Å². The smallest absolute Gasteiger partial charge is 0.316 e. The molecule has 0 amide bonds. The summed E-state index contributed by atoms with van der Waals surface area (Å²) in [6.07, 6.45) is 5.65. The number of aliphatic hydroxyl groups excluding tert-OH is 2. The number of carbonyl (C=O) groups excluding carboxylic acids is 4. The molecule has 2 rings (SSSR count). The number of methoxy groups -OCH3 is 2. The van der Waals surface area contributed by atoms with Crippen molar-refractivity contribution in [2.24, 2.45) is 33.0 Å². The summed E-state index contributed by atoms with van der Waals surface area (Å²) < 4.78 is 9.58. The van der Waals surface area contributed by atoms with Crippen molar-refractivity contribution in [2.45, 2.75) is 80.1 Å². The number of ether oxygens (including phenoxy) is 2. The first-order chi connectivity index (χ1) is 21.6. The van der Waals surface area contributed by atoms with Crippen LogP contribution in [0.5, 0.6) is 0 Å². The van der Waals surface area contributed by atoms with Gasteiger partial charge in [0.15, 0.2) is 11.6 Å². The molecule has 0 aliphatic heterocycles. The molecule has 2 aliphatic carbocycles. The molecule has 0 fully saturated rings. The van der Waals surface area contributed by atoms with E-state index in [2.05, 4.69) is 23.5 Å². The van der Waals surface area contributed by atoms with Crippen molar-refractivity contribution >= 4 is 34.9 Å². The first-order valence-corrected chi connectivity index (χ1v) is 15.3. The van der Waals surface area contributed by atoms with E-state index < -0.39 is 34.6 Å². The molecule has 0 aromatic rings. The van der Waals surface area contributed by atoms with Gasteiger partial charge in [-0.2, -0.15) is 0 Å². The standard InChI is InChI=1S/2C17H25NO5/c2*1-6-8-11(18-23-9-7-2)13-12(19)10-17(3,4)14(15(13)20)16(21)22-5/h2*7,14,20H,2,6,8-10H2,1,3-5H3/b18-11+;. The fraction of sp³-hybridized carbons (Fsp3) is 0.588. The van der Waals surface area contributed by atoms with Crippen LogP contribution in [0.1, 0.15) is 80.1 Å². The van der Waals surface area contributed by atoms with Crippen LogP contribution in [0.15, 0.2) is 58.3 Å². The Morgan fingerprint density at radius 2 is 1.09 bits per heavy atom. The minimum atomic E-state index is -0.901. The van der Waals surface area contributed by atoms with Crippen LogP contribution in [0.4, 0.5) is 0 Å². The van der Waals surface area contributed by atoms with E-state index in [1.807, 2.05) is 13.8 Å². The maximum Gasteiger partial charge on any atom is 0.316 e. The van der Waals surface area contributed by atoms with E-state index in [-0.39, 0.29) is 60.3 Å². The predicted octanol–water partition coefficient (Wildman–Crippen LogP) is 5.89. The second-order valence-corrected chi connectivity index (χ2v) is 12.4. The summed E-state index contributed by atoms with van der Waals surface area (Å²) in [5.41, 5.74) is -0.604. The highest BCUT2D eigenvalue weighted by atomic mass is 16.6. The summed E-state index contributed by atoms with van der Waals surface area (Å²) in [5, 5.41) is 29.1. The molecule has 0 heterocycles. The van der Waals surface area contributed by atoms with Crippen molar-refractivity contribution in [3.8, 4) is 0 Å². The Hall–Kier alpha value is -4.22. The number of oxime groups is 2. The Kier molecular flexibility index (Phi) is 15.6. The maximum absolute atomic E-state index is 12.5. The van der Waals surface area contributed by atoms with Crippen molar-refractivity contribution in [1.29, 1.82) is 0 Å². The molecule has 46 heavy (non-hydrogen) atoms. The van der Waals surface area contributed by atoms with Gasteiger partial charge in [0.1, 0.15) is 36.6 Å². The Morgan fingerprint density at radius 1 is 0.761 bits per heavy atom. The number of rotatable bonds is 14. The summed E-state index contributed by atoms with van der Waals surface area (Å²) in [6, 6.07) is 0. The highest BCUT2D eigenvalue weighted by Gasteiger charge is 2.49. The van der Waals surface area contributed by atoms with Gasteiger partial charge < -0.3 is 29.4 Å². The third-order valence-corrected chi connectivity index (χ3v) is 7.57. The molecule has 256 valence electrons. The molecule has 2 aliphatic rings. The number of allylic oxidation sites excluding steroid dienone is 2. The Balaban J connectivity index is 0.000000460. The number of nitrogens with zero attached hydrogens (tertiary/aromatic N) is 2. The maximum atomic E-state index is 12.5. The number of carbonyl (C=O) groups is 4. The molecule has 0 saturated carbocycles. The second-order valence-electron chi connectivity index (χ2n) is 12.4. The normalized spacial score (nSPS) is 21.1. The predicted molar refractivity (Wildman–Crippen MR) is 174 cm³/mol. The van der Waals surface area contributed by atoms with E-state index >= 15 is 0 Å². The molecule has 0 spiro atoms. The zero-order valence-corrected chi connectivity index (χ0v) is 28.4. The van der Waals surface area contributed by atoms with Crippen LogP contribution in [0, 0.1) is 22.7 Å². The fourth-order valence-electron chi connectivity index (χ4n) is 5.48. The largest absolute Gasteiger partial charge is 0.511 e. The molecule has 12 nitrogen and oxygen atoms in total. The minimum Gasteiger partial charge on any atom is -0.511 e. The van der Waals surface area contributed by atoms with Crippen molar-refractivity contribution in [3.63, 3.8) is 0 Å². The first kappa shape index (κ1) is 39.8. The van der Waals surface area contributed by atoms with Crippen LogP contribution < -0.4 is 0 Å². The minimum absolute atomic E-state index is 0.0747. The van der Waals surface area contributed by atoms with Gasteiger partial charge in [-0.25, -0.2) is 0 Å². The Morgan fingerprint density at radius 3 is 1.35 bits per heavy atom. The zero-order valence-electron chi connectivity index (χ0n) is 28.4. The molecule has 2 atom stereocenters. The lowest BCUT2D eigenvalue weighted by atomic mass is 9.67. The Bertz CT molecular complexity index is 1190. The van der Waals surface area contributed by atoms with Crippen LogP contribution in [0.2, 0.25) is 0 Å². The highest BCUT2D eigenvalue weighted by molar-refractivity contribution is 6.24. The van der Waals surface area contributed by atoms with Crippen LogP contribution in [0.3, 0.4) is 0 Å². The zero-order chi connectivity index (χ0) is 35.2. The van der Waals surface area contributed by atoms with Gasteiger partial charge in [0.05, 0.1) is 36.8 Å². The monoisotopic (exact) mass is 646 g/mol. The SMILES string of the molecule is C=CCO/N=C(\CCC)C1=C(O)C(C(=O)OC)C(C)(C)CC1=O.C=CCON=C(CCC)C1=C(O)C(C(=O)OC)C(C)(C)CC1=O. The van der Waals surface area contributed by atoms with Crippen LogP contribution in [-0.2, 0) is 38.3 Å². The van der Waals surface area contributed by atoms with Crippen molar-refractivity contribution in [3.05, 3.63) is 48.0 Å². The van der Waals surface area contributed by atoms with Crippen LogP contribution in [-0.4, -0.2) is 72.6 Å². The summed E-state index contributed by atoms with van der Waals surface area (Å²) in [5.74, 6) is -4.01. The van der Waals surface area contributed by atoms with Crippen molar-refractivity contribution < 1.29 is 48.5 Å². The van der Waals surface area contributed by atoms with Crippen LogP contribution >= 0.6 is 0 Å². The molecule has 0 saturated heterocycles. The number of Topliss-reactive ketones (excluding diaryl/α,β-unsaturated/α-hetero) is 2. The van der Waals surface area contributed by atoms with Gasteiger partial charge in [-0.15, -0.1) is 0 Å². The number of hydrogen-bond acceptors (Lipinski definition) is 12. The number of hydrogen-bond donors (Lipinski definition) is 2. The van der Waals surface area contributed by atoms with Crippen molar-refractivity contribution in [1.82, 2.24) is 0 Å². The van der Waals surface area contributed by atoms with Crippen molar-refractivity contribution in [2.75, 3.05) is 27.4 Å². The first-order valence-electron chi connectivity index (χ1n) is 15.3. The summed E-state index contributed by atoms with van der Waals surface area (Å²) in [6.45, 7) is 18.3. The lowest BCUT2D eigenvalue weighted by Gasteiger charge is -2.36. The van der Waals surface area contributed by atoms with Gasteiger partial charge in [0.2, 0.25) is 0 Å². The van der Waals surface area contributed by atoms with E-state index in [0.29, 0.717) is 37.1 Å². The van der Waals surface area contributed by atoms with Gasteiger partial charge in [0.25, 0.3) is 0 Å². The summed E-state index contributed by atoms with van der Waals surface area (Å²) in [4.78, 5) is 59.3. The van der Waals surface area contributed by atoms with E-state index in [0.717, 1.165) is 0 Å². The third kappa shape index (κ3) is 9.89. The van der Waals surface area contributed by atoms with Crippen LogP contribution in [0.25, 0.3) is 0 Å². The Labute approximate surface area is 271 Å². The molecule has 0 radical (unpaired) electrons. The van der Waals surface area contributed by atoms with E-state index in [1.54, 1.807) is 27.7 Å². The topological polar surface area (TPSA) is 170 Å². The summed E-state index contributed by atoms with van der Waals surface area (Å²) in [7, 11) is 2.52. The van der Waals surface area contributed by atoms with Gasteiger partial charge in [-0.3, -0.25) is 19.2 Å². The molecular formula is C34H50N2O10. The van der Waals surface area contributed by atoms with Gasteiger partial charge >= 0.3 is 11.9 Å². The number of aliphatic hydroxyl groups is 2. The number of ketones is 2. The van der Waals surface area contributed by atoms with E-state index in [1.165, 1.54) is 26.4 Å². The molecule has 12 heteroatoms. The lowest BCUT2D eigenvalue weighted by Crippen LogP contribution is -2.41. The molecule has 0 aromatic carbocycles. The molecule has 2 unspecified atom stereocenters. The van der Waals surface area contributed by atoms with E-state index in [9.17, 15) is 29.4 Å². The van der Waals surface area contributed by atoms with Gasteiger partial charge in [-0.05, 0) is 23.7 Å². The lowest BCUT2D eigenvalue weighted by molar-refractivity contribution is -0.151. The second kappa shape index (κ2) is 18.1. The van der Waals surface area contributed by atoms with Gasteiger partial charge in [-0.1, -0.05) is 90.0 Å². The molecule has 0 aromatic heterocycles. The molecule has 2 N–H and O–H groups in total. The molecule has 0 bridgehead atoms. The molecular weight excluding hydrogens is 596 g/mol. The average Bonchev–Trinajstić information content (AvgIpc) is 2.96. The third-order valence-electron chi connectivity index (χ3n) is 7.57. The fourth-order valence-corrected chi connectivity index (χ4v) is 5.48. The highest BCUT2D eigenvalue weighted by Crippen LogP contribution is 2.44. The van der Waals surface area contributed by atoms with Gasteiger partial charge in [0, 0.05) is 12.8 Å². The summed E-state index contributed by atoms with van der Waals surface area (Å²) >= 11 is 0.